The Bertz CT molecular complexity index is 305. The van der Waals surface area contributed by atoms with E-state index < -0.39 is 0 Å². The maximum atomic E-state index is 5.45. The van der Waals surface area contributed by atoms with Gasteiger partial charge in [0.2, 0.25) is 0 Å². The Labute approximate surface area is 97.0 Å². The molecule has 0 radical (unpaired) electrons. The second kappa shape index (κ2) is 6.01. The number of imidazole rings is 1. The molecular weight excluding hydrogens is 202 g/mol. The van der Waals surface area contributed by atoms with Gasteiger partial charge < -0.3 is 14.6 Å². The van der Waals surface area contributed by atoms with Crippen molar-refractivity contribution in [1.29, 1.82) is 0 Å². The summed E-state index contributed by atoms with van der Waals surface area (Å²) in [5.74, 6) is 1.80. The van der Waals surface area contributed by atoms with Crippen LogP contribution in [-0.4, -0.2) is 29.3 Å². The molecule has 1 atom stereocenters. The fraction of sp³-hybridized carbons (Fsp3) is 0.750. The summed E-state index contributed by atoms with van der Waals surface area (Å²) < 4.78 is 7.62. The van der Waals surface area contributed by atoms with Gasteiger partial charge in [0.15, 0.2) is 0 Å². The molecule has 0 bridgehead atoms. The fourth-order valence-corrected chi connectivity index (χ4v) is 2.15. The summed E-state index contributed by atoms with van der Waals surface area (Å²) in [6, 6.07) is 0. The summed E-state index contributed by atoms with van der Waals surface area (Å²) in [7, 11) is 0. The quantitative estimate of drug-likeness (QED) is 0.820. The topological polar surface area (TPSA) is 39.1 Å². The van der Waals surface area contributed by atoms with Crippen LogP contribution in [0.15, 0.2) is 12.4 Å². The second-order valence-electron chi connectivity index (χ2n) is 4.34. The van der Waals surface area contributed by atoms with Crippen LogP contribution >= 0.6 is 0 Å². The van der Waals surface area contributed by atoms with Gasteiger partial charge in [-0.15, -0.1) is 0 Å². The summed E-state index contributed by atoms with van der Waals surface area (Å²) in [4.78, 5) is 4.34. The molecule has 90 valence electrons. The normalized spacial score (nSPS) is 21.2. The highest BCUT2D eigenvalue weighted by Crippen LogP contribution is 2.12. The van der Waals surface area contributed by atoms with E-state index in [0.29, 0.717) is 5.92 Å². The zero-order valence-corrected chi connectivity index (χ0v) is 9.98. The van der Waals surface area contributed by atoms with E-state index in [2.05, 4.69) is 21.8 Å². The maximum absolute atomic E-state index is 5.45. The zero-order chi connectivity index (χ0) is 11.2. The highest BCUT2D eigenvalue weighted by Gasteiger charge is 2.13. The van der Waals surface area contributed by atoms with Crippen LogP contribution in [0.2, 0.25) is 0 Å². The van der Waals surface area contributed by atoms with Gasteiger partial charge in [0, 0.05) is 32.1 Å². The lowest BCUT2D eigenvalue weighted by Gasteiger charge is -2.22. The zero-order valence-electron chi connectivity index (χ0n) is 9.98. The highest BCUT2D eigenvalue weighted by atomic mass is 16.5. The number of aromatic nitrogens is 2. The first-order valence-corrected chi connectivity index (χ1v) is 6.18. The third-order valence-electron chi connectivity index (χ3n) is 3.11. The van der Waals surface area contributed by atoms with Crippen LogP contribution in [0.4, 0.5) is 0 Å². The van der Waals surface area contributed by atoms with Gasteiger partial charge >= 0.3 is 0 Å². The minimum Gasteiger partial charge on any atom is -0.381 e. The van der Waals surface area contributed by atoms with Crippen molar-refractivity contribution in [3.8, 4) is 0 Å². The lowest BCUT2D eigenvalue weighted by molar-refractivity contribution is 0.0546. The fourth-order valence-electron chi connectivity index (χ4n) is 2.15. The van der Waals surface area contributed by atoms with Gasteiger partial charge in [-0.25, -0.2) is 4.98 Å². The van der Waals surface area contributed by atoms with Crippen molar-refractivity contribution in [3.63, 3.8) is 0 Å². The molecule has 1 aliphatic heterocycles. The van der Waals surface area contributed by atoms with Gasteiger partial charge in [0.25, 0.3) is 0 Å². The average molecular weight is 223 g/mol. The minimum atomic E-state index is 0.679. The van der Waals surface area contributed by atoms with E-state index in [9.17, 15) is 0 Å². The number of rotatable bonds is 5. The average Bonchev–Trinajstić information content (AvgIpc) is 2.78. The molecular formula is C12H21N3O. The molecule has 1 aromatic rings. The van der Waals surface area contributed by atoms with Gasteiger partial charge in [0.05, 0.1) is 13.2 Å². The van der Waals surface area contributed by atoms with Crippen molar-refractivity contribution in [3.05, 3.63) is 18.2 Å². The van der Waals surface area contributed by atoms with Crippen LogP contribution in [0, 0.1) is 5.92 Å². The van der Waals surface area contributed by atoms with Crippen LogP contribution in [-0.2, 0) is 17.8 Å². The predicted molar refractivity (Wildman–Crippen MR) is 63.2 cm³/mol. The number of hydrogen-bond donors (Lipinski definition) is 1. The molecule has 1 aliphatic rings. The summed E-state index contributed by atoms with van der Waals surface area (Å²) >= 11 is 0. The lowest BCUT2D eigenvalue weighted by atomic mass is 10.0. The van der Waals surface area contributed by atoms with E-state index in [1.54, 1.807) is 0 Å². The van der Waals surface area contributed by atoms with E-state index >= 15 is 0 Å². The van der Waals surface area contributed by atoms with Gasteiger partial charge in [-0.2, -0.15) is 0 Å². The Morgan fingerprint density at radius 3 is 3.31 bits per heavy atom. The van der Waals surface area contributed by atoms with Crippen molar-refractivity contribution < 1.29 is 4.74 Å². The minimum absolute atomic E-state index is 0.679. The largest absolute Gasteiger partial charge is 0.381 e. The lowest BCUT2D eigenvalue weighted by Crippen LogP contribution is -2.29. The molecule has 1 saturated heterocycles. The molecule has 0 aliphatic carbocycles. The summed E-state index contributed by atoms with van der Waals surface area (Å²) in [5, 5.41) is 3.47. The Kier molecular flexibility index (Phi) is 4.36. The van der Waals surface area contributed by atoms with Crippen molar-refractivity contribution in [2.75, 3.05) is 19.8 Å². The smallest absolute Gasteiger partial charge is 0.122 e. The Balaban J connectivity index is 1.71. The summed E-state index contributed by atoms with van der Waals surface area (Å²) in [6.07, 6.45) is 6.39. The molecule has 1 N–H and O–H groups in total. The van der Waals surface area contributed by atoms with Crippen molar-refractivity contribution >= 4 is 0 Å². The van der Waals surface area contributed by atoms with Crippen LogP contribution in [0.3, 0.4) is 0 Å². The van der Waals surface area contributed by atoms with Crippen LogP contribution < -0.4 is 5.32 Å². The second-order valence-corrected chi connectivity index (χ2v) is 4.34. The molecule has 1 aromatic heterocycles. The molecule has 2 rings (SSSR count). The van der Waals surface area contributed by atoms with Crippen molar-refractivity contribution in [1.82, 2.24) is 14.9 Å². The first kappa shape index (κ1) is 11.6. The number of nitrogens with one attached hydrogen (secondary N) is 1. The molecule has 2 heterocycles. The summed E-state index contributed by atoms with van der Waals surface area (Å²) in [6.45, 7) is 6.88. The third kappa shape index (κ3) is 3.06. The first-order valence-electron chi connectivity index (χ1n) is 6.18. The van der Waals surface area contributed by atoms with Crippen molar-refractivity contribution in [2.24, 2.45) is 5.92 Å². The van der Waals surface area contributed by atoms with Crippen LogP contribution in [0.5, 0.6) is 0 Å². The van der Waals surface area contributed by atoms with E-state index in [1.165, 1.54) is 12.8 Å². The standard InChI is InChI=1S/C12H21N3O/c1-2-15-6-5-14-12(15)9-13-8-11-4-3-7-16-10-11/h5-6,11,13H,2-4,7-10H2,1H3. The molecule has 0 amide bonds. The van der Waals surface area contributed by atoms with Crippen LogP contribution in [0.25, 0.3) is 0 Å². The number of aryl methyl sites for hydroxylation is 1. The van der Waals surface area contributed by atoms with Crippen molar-refractivity contribution in [2.45, 2.75) is 32.9 Å². The molecule has 0 saturated carbocycles. The molecule has 1 unspecified atom stereocenters. The van der Waals surface area contributed by atoms with E-state index in [4.69, 9.17) is 4.74 Å². The first-order chi connectivity index (χ1) is 7.90. The molecule has 16 heavy (non-hydrogen) atoms. The van der Waals surface area contributed by atoms with E-state index in [-0.39, 0.29) is 0 Å². The predicted octanol–water partition coefficient (Wildman–Crippen LogP) is 1.42. The van der Waals surface area contributed by atoms with E-state index in [1.807, 2.05) is 12.4 Å². The monoisotopic (exact) mass is 223 g/mol. The van der Waals surface area contributed by atoms with Crippen LogP contribution in [0.1, 0.15) is 25.6 Å². The third-order valence-corrected chi connectivity index (χ3v) is 3.11. The molecule has 0 aromatic carbocycles. The molecule has 4 heteroatoms. The number of nitrogens with zero attached hydrogens (tertiary/aromatic N) is 2. The maximum Gasteiger partial charge on any atom is 0.122 e. The van der Waals surface area contributed by atoms with E-state index in [0.717, 1.165) is 38.7 Å². The van der Waals surface area contributed by atoms with Gasteiger partial charge in [-0.3, -0.25) is 0 Å². The number of hydrogen-bond acceptors (Lipinski definition) is 3. The highest BCUT2D eigenvalue weighted by molar-refractivity contribution is 4.91. The molecule has 1 fully saturated rings. The number of ether oxygens (including phenoxy) is 1. The van der Waals surface area contributed by atoms with Gasteiger partial charge in [-0.05, 0) is 25.7 Å². The Morgan fingerprint density at radius 1 is 1.62 bits per heavy atom. The Morgan fingerprint density at radius 2 is 2.56 bits per heavy atom. The van der Waals surface area contributed by atoms with Gasteiger partial charge in [-0.1, -0.05) is 0 Å². The SMILES string of the molecule is CCn1ccnc1CNCC1CCCOC1. The molecule has 0 spiro atoms. The Hall–Kier alpha value is -0.870. The molecule has 4 nitrogen and oxygen atoms in total. The summed E-state index contributed by atoms with van der Waals surface area (Å²) in [5.41, 5.74) is 0. The van der Waals surface area contributed by atoms with Gasteiger partial charge in [0.1, 0.15) is 5.82 Å².